The lowest BCUT2D eigenvalue weighted by Gasteiger charge is -2.23. The van der Waals surface area contributed by atoms with Gasteiger partial charge in [0.2, 0.25) is 0 Å². The second-order valence-corrected chi connectivity index (χ2v) is 6.04. The van der Waals surface area contributed by atoms with Crippen LogP contribution in [-0.2, 0) is 0 Å². The molecule has 110 valence electrons. The molecule has 0 atom stereocenters. The average Bonchev–Trinajstić information content (AvgIpc) is 2.57. The molecule has 0 saturated heterocycles. The summed E-state index contributed by atoms with van der Waals surface area (Å²) in [4.78, 5) is 0. The Labute approximate surface area is 133 Å². The maximum absolute atomic E-state index is 2.28. The summed E-state index contributed by atoms with van der Waals surface area (Å²) >= 11 is 0. The number of rotatable bonds is 4. The van der Waals surface area contributed by atoms with E-state index in [1.807, 2.05) is 0 Å². The van der Waals surface area contributed by atoms with Crippen molar-refractivity contribution in [1.82, 2.24) is 0 Å². The fourth-order valence-electron chi connectivity index (χ4n) is 3.14. The smallest absolute Gasteiger partial charge is 0.0342 e. The molecule has 3 rings (SSSR count). The molecule has 0 spiro atoms. The van der Waals surface area contributed by atoms with Gasteiger partial charge in [0.25, 0.3) is 0 Å². The van der Waals surface area contributed by atoms with Gasteiger partial charge in [-0.15, -0.1) is 0 Å². The largest absolute Gasteiger partial charge is 0.0622 e. The van der Waals surface area contributed by atoms with E-state index >= 15 is 0 Å². The van der Waals surface area contributed by atoms with Crippen molar-refractivity contribution in [2.24, 2.45) is 0 Å². The summed E-state index contributed by atoms with van der Waals surface area (Å²) in [6, 6.07) is 30.4. The Bertz CT molecular complexity index is 672. The van der Waals surface area contributed by atoms with Crippen LogP contribution in [0.1, 0.15) is 47.9 Å². The highest BCUT2D eigenvalue weighted by Crippen LogP contribution is 2.36. The van der Waals surface area contributed by atoms with E-state index < -0.39 is 0 Å². The van der Waals surface area contributed by atoms with E-state index in [0.717, 1.165) is 0 Å². The second-order valence-electron chi connectivity index (χ2n) is 6.04. The molecule has 0 bridgehead atoms. The third-order valence-electron chi connectivity index (χ3n) is 4.19. The molecule has 0 saturated carbocycles. The SMILES string of the molecule is CC(C)c1ccccc1C(c1ccccc1)c1ccccc1. The van der Waals surface area contributed by atoms with E-state index in [9.17, 15) is 0 Å². The first-order valence-corrected chi connectivity index (χ1v) is 7.96. The second kappa shape index (κ2) is 6.62. The molecule has 0 heterocycles. The first-order chi connectivity index (χ1) is 10.8. The van der Waals surface area contributed by atoms with Gasteiger partial charge in [-0.3, -0.25) is 0 Å². The van der Waals surface area contributed by atoms with Crippen LogP contribution in [0.2, 0.25) is 0 Å². The Morgan fingerprint density at radius 3 is 1.36 bits per heavy atom. The van der Waals surface area contributed by atoms with Crippen molar-refractivity contribution in [2.45, 2.75) is 25.7 Å². The molecule has 0 aliphatic heterocycles. The molecule has 0 amide bonds. The quantitative estimate of drug-likeness (QED) is 0.517. The fraction of sp³-hybridized carbons (Fsp3) is 0.182. The zero-order chi connectivity index (χ0) is 15.4. The number of hydrogen-bond acceptors (Lipinski definition) is 0. The normalized spacial score (nSPS) is 11.1. The lowest BCUT2D eigenvalue weighted by atomic mass is 9.81. The van der Waals surface area contributed by atoms with E-state index in [0.29, 0.717) is 11.8 Å². The van der Waals surface area contributed by atoms with Crippen molar-refractivity contribution in [3.05, 3.63) is 107 Å². The molecule has 0 heteroatoms. The summed E-state index contributed by atoms with van der Waals surface area (Å²) in [6.45, 7) is 4.54. The van der Waals surface area contributed by atoms with Gasteiger partial charge >= 0.3 is 0 Å². The predicted molar refractivity (Wildman–Crippen MR) is 94.4 cm³/mol. The minimum absolute atomic E-state index is 0.293. The molecular formula is C22H22. The third kappa shape index (κ3) is 2.96. The predicted octanol–water partition coefficient (Wildman–Crippen LogP) is 5.99. The summed E-state index contributed by atoms with van der Waals surface area (Å²) in [5.74, 6) is 0.812. The standard InChI is InChI=1S/C22H22/c1-17(2)20-15-9-10-16-21(20)22(18-11-5-3-6-12-18)19-13-7-4-8-14-19/h3-17,22H,1-2H3. The Morgan fingerprint density at radius 2 is 0.909 bits per heavy atom. The first kappa shape index (κ1) is 14.6. The molecule has 0 radical (unpaired) electrons. The van der Waals surface area contributed by atoms with Crippen molar-refractivity contribution in [2.75, 3.05) is 0 Å². The maximum atomic E-state index is 2.28. The summed E-state index contributed by atoms with van der Waals surface area (Å²) in [5, 5.41) is 0. The zero-order valence-corrected chi connectivity index (χ0v) is 13.2. The molecule has 0 nitrogen and oxygen atoms in total. The van der Waals surface area contributed by atoms with Crippen LogP contribution >= 0.6 is 0 Å². The van der Waals surface area contributed by atoms with E-state index in [1.165, 1.54) is 22.3 Å². The first-order valence-electron chi connectivity index (χ1n) is 7.96. The zero-order valence-electron chi connectivity index (χ0n) is 13.2. The third-order valence-corrected chi connectivity index (χ3v) is 4.19. The van der Waals surface area contributed by atoms with Gasteiger partial charge in [0, 0.05) is 5.92 Å². The van der Waals surface area contributed by atoms with E-state index in [-0.39, 0.29) is 0 Å². The average molecular weight is 286 g/mol. The van der Waals surface area contributed by atoms with E-state index in [4.69, 9.17) is 0 Å². The van der Waals surface area contributed by atoms with Gasteiger partial charge in [0.15, 0.2) is 0 Å². The molecule has 0 aliphatic carbocycles. The van der Waals surface area contributed by atoms with Gasteiger partial charge in [-0.25, -0.2) is 0 Å². The Hall–Kier alpha value is -2.34. The maximum Gasteiger partial charge on any atom is 0.0342 e. The summed E-state index contributed by atoms with van der Waals surface area (Å²) in [5.41, 5.74) is 5.54. The summed E-state index contributed by atoms with van der Waals surface area (Å²) in [6.07, 6.45) is 0. The Morgan fingerprint density at radius 1 is 0.500 bits per heavy atom. The molecular weight excluding hydrogens is 264 g/mol. The van der Waals surface area contributed by atoms with Crippen LogP contribution in [-0.4, -0.2) is 0 Å². The van der Waals surface area contributed by atoms with Gasteiger partial charge < -0.3 is 0 Å². The van der Waals surface area contributed by atoms with Crippen molar-refractivity contribution < 1.29 is 0 Å². The fourth-order valence-corrected chi connectivity index (χ4v) is 3.14. The molecule has 22 heavy (non-hydrogen) atoms. The van der Waals surface area contributed by atoms with Crippen LogP contribution in [0.3, 0.4) is 0 Å². The van der Waals surface area contributed by atoms with Crippen LogP contribution in [0.15, 0.2) is 84.9 Å². The molecule has 0 fully saturated rings. The van der Waals surface area contributed by atoms with Crippen LogP contribution in [0.4, 0.5) is 0 Å². The van der Waals surface area contributed by atoms with Gasteiger partial charge in [-0.1, -0.05) is 98.8 Å². The van der Waals surface area contributed by atoms with Crippen molar-refractivity contribution >= 4 is 0 Å². The highest BCUT2D eigenvalue weighted by Gasteiger charge is 2.20. The van der Waals surface area contributed by atoms with Crippen molar-refractivity contribution in [3.63, 3.8) is 0 Å². The lowest BCUT2D eigenvalue weighted by Crippen LogP contribution is -2.07. The van der Waals surface area contributed by atoms with Gasteiger partial charge in [-0.2, -0.15) is 0 Å². The van der Waals surface area contributed by atoms with Crippen LogP contribution in [0, 0.1) is 0 Å². The van der Waals surface area contributed by atoms with Crippen LogP contribution in [0.25, 0.3) is 0 Å². The number of hydrogen-bond donors (Lipinski definition) is 0. The van der Waals surface area contributed by atoms with Crippen LogP contribution < -0.4 is 0 Å². The number of benzene rings is 3. The molecule has 0 unspecified atom stereocenters. The summed E-state index contributed by atoms with van der Waals surface area (Å²) < 4.78 is 0. The van der Waals surface area contributed by atoms with Crippen molar-refractivity contribution in [3.8, 4) is 0 Å². The summed E-state index contributed by atoms with van der Waals surface area (Å²) in [7, 11) is 0. The topological polar surface area (TPSA) is 0 Å². The van der Waals surface area contributed by atoms with Gasteiger partial charge in [0.05, 0.1) is 0 Å². The Balaban J connectivity index is 2.19. The van der Waals surface area contributed by atoms with Crippen LogP contribution in [0.5, 0.6) is 0 Å². The highest BCUT2D eigenvalue weighted by molar-refractivity contribution is 5.47. The minimum Gasteiger partial charge on any atom is -0.0622 e. The molecule has 3 aromatic carbocycles. The molecule has 0 aliphatic rings. The van der Waals surface area contributed by atoms with Gasteiger partial charge in [0.1, 0.15) is 0 Å². The van der Waals surface area contributed by atoms with Crippen molar-refractivity contribution in [1.29, 1.82) is 0 Å². The highest BCUT2D eigenvalue weighted by atomic mass is 14.2. The van der Waals surface area contributed by atoms with E-state index in [2.05, 4.69) is 98.8 Å². The van der Waals surface area contributed by atoms with Gasteiger partial charge in [-0.05, 0) is 28.2 Å². The molecule has 0 N–H and O–H groups in total. The molecule has 0 aromatic heterocycles. The minimum atomic E-state index is 0.293. The Kier molecular flexibility index (Phi) is 4.39. The monoisotopic (exact) mass is 286 g/mol. The lowest BCUT2D eigenvalue weighted by molar-refractivity contribution is 0.827. The van der Waals surface area contributed by atoms with E-state index in [1.54, 1.807) is 0 Å². The molecule has 3 aromatic rings.